The summed E-state index contributed by atoms with van der Waals surface area (Å²) in [4.78, 5) is 11.5. The Balaban J connectivity index is 2.18. The van der Waals surface area contributed by atoms with E-state index in [-0.39, 0.29) is 35.5 Å². The molecule has 0 atom stereocenters. The van der Waals surface area contributed by atoms with Crippen molar-refractivity contribution in [3.05, 3.63) is 42.5 Å². The molecule has 0 saturated carbocycles. The minimum atomic E-state index is -3.53. The van der Waals surface area contributed by atoms with Crippen LogP contribution >= 0.6 is 25.0 Å². The van der Waals surface area contributed by atoms with Gasteiger partial charge in [0.15, 0.2) is 22.2 Å². The lowest BCUT2D eigenvalue weighted by Gasteiger charge is -2.09. The number of thiol groups is 1. The van der Waals surface area contributed by atoms with Crippen molar-refractivity contribution < 1.29 is 21.9 Å². The van der Waals surface area contributed by atoms with Crippen LogP contribution in [-0.2, 0) is 18.8 Å². The summed E-state index contributed by atoms with van der Waals surface area (Å²) in [5.74, 6) is -0.0722. The molecule has 0 aliphatic heterocycles. The summed E-state index contributed by atoms with van der Waals surface area (Å²) < 4.78 is 37.4. The van der Waals surface area contributed by atoms with Crippen molar-refractivity contribution in [3.8, 4) is 0 Å². The maximum atomic E-state index is 12.2. The van der Waals surface area contributed by atoms with Crippen LogP contribution in [-0.4, -0.2) is 37.1 Å². The van der Waals surface area contributed by atoms with Crippen molar-refractivity contribution in [2.45, 2.75) is 11.8 Å². The molecule has 0 radical (unpaired) electrons. The molecule has 2 aromatic rings. The standard InChI is InChI=1S/C17H20N4O5S3/c1-12(22)19-17-10-14(18-11-27)4-7-16(17)21-20-13-2-5-15(6-3-13)29(24,25)9-8-26-28-23/h2-7,10,18,23,27H,8-9,11H2,1H3,(H,19,22). The number of rotatable bonds is 10. The number of carbonyl (C=O) groups excluding carboxylic acids is 1. The smallest absolute Gasteiger partial charge is 0.221 e. The van der Waals surface area contributed by atoms with Gasteiger partial charge in [0.1, 0.15) is 5.69 Å². The van der Waals surface area contributed by atoms with E-state index in [2.05, 4.69) is 37.7 Å². The van der Waals surface area contributed by atoms with Gasteiger partial charge in [-0.3, -0.25) is 8.98 Å². The number of anilines is 2. The largest absolute Gasteiger partial charge is 0.376 e. The number of carbonyl (C=O) groups is 1. The second kappa shape index (κ2) is 11.2. The molecule has 0 aliphatic carbocycles. The fourth-order valence-corrected chi connectivity index (χ4v) is 3.78. The number of sulfone groups is 1. The number of hydrogen-bond donors (Lipinski definition) is 4. The summed E-state index contributed by atoms with van der Waals surface area (Å²) in [5, 5.41) is 14.0. The SMILES string of the molecule is CC(=O)Nc1cc(NCS)ccc1N=Nc1ccc(S(=O)(=O)CCOSO)cc1. The maximum absolute atomic E-state index is 12.2. The van der Waals surface area contributed by atoms with E-state index < -0.39 is 9.84 Å². The number of nitrogens with zero attached hydrogens (tertiary/aromatic N) is 2. The predicted molar refractivity (Wildman–Crippen MR) is 117 cm³/mol. The molecule has 0 spiro atoms. The molecular formula is C17H20N4O5S3. The van der Waals surface area contributed by atoms with Crippen LogP contribution < -0.4 is 10.6 Å². The van der Waals surface area contributed by atoms with Crippen LogP contribution in [0.3, 0.4) is 0 Å². The molecule has 0 unspecified atom stereocenters. The molecular weight excluding hydrogens is 436 g/mol. The molecule has 0 heterocycles. The minimum absolute atomic E-state index is 0.115. The molecule has 2 rings (SSSR count). The molecule has 3 N–H and O–H groups in total. The van der Waals surface area contributed by atoms with Gasteiger partial charge in [-0.1, -0.05) is 0 Å². The third kappa shape index (κ3) is 7.33. The summed E-state index contributed by atoms with van der Waals surface area (Å²) in [6.45, 7) is 1.26. The van der Waals surface area contributed by atoms with E-state index in [1.165, 1.54) is 31.2 Å². The molecule has 156 valence electrons. The first kappa shape index (κ1) is 23.2. The number of hydrogen-bond acceptors (Lipinski definition) is 10. The summed E-state index contributed by atoms with van der Waals surface area (Å²) in [5.41, 5.74) is 2.13. The van der Waals surface area contributed by atoms with E-state index in [1.54, 1.807) is 18.2 Å². The zero-order valence-corrected chi connectivity index (χ0v) is 17.9. The topological polar surface area (TPSA) is 129 Å². The average Bonchev–Trinajstić information content (AvgIpc) is 2.68. The van der Waals surface area contributed by atoms with E-state index in [0.29, 0.717) is 22.9 Å². The first-order valence-corrected chi connectivity index (χ1v) is 11.3. The van der Waals surface area contributed by atoms with E-state index in [4.69, 9.17) is 4.55 Å². The number of nitrogens with one attached hydrogen (secondary N) is 2. The highest BCUT2D eigenvalue weighted by Gasteiger charge is 2.14. The molecule has 29 heavy (non-hydrogen) atoms. The Morgan fingerprint density at radius 3 is 2.55 bits per heavy atom. The Morgan fingerprint density at radius 1 is 1.21 bits per heavy atom. The molecule has 0 fully saturated rings. The lowest BCUT2D eigenvalue weighted by molar-refractivity contribution is -0.114. The Morgan fingerprint density at radius 2 is 1.93 bits per heavy atom. The average molecular weight is 457 g/mol. The molecule has 0 bridgehead atoms. The molecule has 9 nitrogen and oxygen atoms in total. The fraction of sp³-hybridized carbons (Fsp3) is 0.235. The van der Waals surface area contributed by atoms with Crippen LogP contribution in [0.4, 0.5) is 22.7 Å². The first-order valence-electron chi connectivity index (χ1n) is 8.29. The summed E-state index contributed by atoms with van der Waals surface area (Å²) in [6.07, 6.45) is 0. The van der Waals surface area contributed by atoms with Gasteiger partial charge in [-0.2, -0.15) is 17.7 Å². The minimum Gasteiger partial charge on any atom is -0.376 e. The van der Waals surface area contributed by atoms with E-state index in [1.807, 2.05) is 0 Å². The van der Waals surface area contributed by atoms with Crippen molar-refractivity contribution in [3.63, 3.8) is 0 Å². The van der Waals surface area contributed by atoms with Crippen LogP contribution in [0, 0.1) is 0 Å². The van der Waals surface area contributed by atoms with Crippen LogP contribution in [0.2, 0.25) is 0 Å². The van der Waals surface area contributed by atoms with Crippen LogP contribution in [0.15, 0.2) is 57.6 Å². The highest BCUT2D eigenvalue weighted by molar-refractivity contribution is 7.91. The molecule has 12 heteroatoms. The second-order valence-electron chi connectivity index (χ2n) is 5.66. The van der Waals surface area contributed by atoms with Gasteiger partial charge in [0.25, 0.3) is 0 Å². The van der Waals surface area contributed by atoms with Gasteiger partial charge in [-0.15, -0.1) is 5.11 Å². The summed E-state index contributed by atoms with van der Waals surface area (Å²) >= 11 is 4.23. The maximum Gasteiger partial charge on any atom is 0.221 e. The Kier molecular flexibility index (Phi) is 8.92. The van der Waals surface area contributed by atoms with Crippen LogP contribution in [0.5, 0.6) is 0 Å². The van der Waals surface area contributed by atoms with Gasteiger partial charge in [0, 0.05) is 12.6 Å². The number of azo groups is 1. The van der Waals surface area contributed by atoms with Gasteiger partial charge >= 0.3 is 0 Å². The third-order valence-electron chi connectivity index (χ3n) is 3.55. The van der Waals surface area contributed by atoms with Crippen molar-refractivity contribution in [2.24, 2.45) is 10.2 Å². The summed E-state index contributed by atoms with van der Waals surface area (Å²) in [7, 11) is -3.53. The van der Waals surface area contributed by atoms with E-state index in [9.17, 15) is 13.2 Å². The highest BCUT2D eigenvalue weighted by Crippen LogP contribution is 2.30. The monoisotopic (exact) mass is 456 g/mol. The van der Waals surface area contributed by atoms with Gasteiger partial charge < -0.3 is 15.2 Å². The predicted octanol–water partition coefficient (Wildman–Crippen LogP) is 4.27. The van der Waals surface area contributed by atoms with Crippen LogP contribution in [0.25, 0.3) is 0 Å². The first-order chi connectivity index (χ1) is 13.9. The lowest BCUT2D eigenvalue weighted by atomic mass is 10.2. The molecule has 2 aromatic carbocycles. The Bertz CT molecular complexity index is 966. The van der Waals surface area contributed by atoms with E-state index in [0.717, 1.165) is 5.69 Å². The van der Waals surface area contributed by atoms with Gasteiger partial charge in [-0.25, -0.2) is 8.42 Å². The molecule has 1 amide bonds. The quantitative estimate of drug-likeness (QED) is 0.138. The van der Waals surface area contributed by atoms with E-state index >= 15 is 0 Å². The molecule has 0 aromatic heterocycles. The third-order valence-corrected chi connectivity index (χ3v) is 5.67. The number of amides is 1. The molecule has 0 aliphatic rings. The zero-order valence-electron chi connectivity index (χ0n) is 15.4. The Hall–Kier alpha value is -2.12. The second-order valence-corrected chi connectivity index (χ2v) is 8.47. The van der Waals surface area contributed by atoms with Gasteiger partial charge in [0.2, 0.25) is 5.91 Å². The zero-order chi connectivity index (χ0) is 21.3. The highest BCUT2D eigenvalue weighted by atomic mass is 32.2. The molecule has 0 saturated heterocycles. The fourth-order valence-electron chi connectivity index (χ4n) is 2.24. The Labute approximate surface area is 178 Å². The lowest BCUT2D eigenvalue weighted by Crippen LogP contribution is -2.10. The van der Waals surface area contributed by atoms with Crippen molar-refractivity contribution in [1.82, 2.24) is 0 Å². The van der Waals surface area contributed by atoms with Crippen LogP contribution in [0.1, 0.15) is 6.92 Å². The summed E-state index contributed by atoms with van der Waals surface area (Å²) in [6, 6.07) is 11.1. The van der Waals surface area contributed by atoms with Gasteiger partial charge in [0.05, 0.1) is 34.5 Å². The van der Waals surface area contributed by atoms with Crippen molar-refractivity contribution >= 4 is 63.4 Å². The van der Waals surface area contributed by atoms with Crippen molar-refractivity contribution in [2.75, 3.05) is 28.9 Å². The number of benzene rings is 2. The van der Waals surface area contributed by atoms with Crippen molar-refractivity contribution in [1.29, 1.82) is 0 Å². The normalized spacial score (nSPS) is 11.6. The van der Waals surface area contributed by atoms with Gasteiger partial charge in [-0.05, 0) is 42.5 Å².